The Morgan fingerprint density at radius 1 is 1.17 bits per heavy atom. The van der Waals surface area contributed by atoms with E-state index in [0.717, 1.165) is 23.6 Å². The third kappa shape index (κ3) is 5.78. The molecule has 0 spiro atoms. The molecule has 0 saturated carbocycles. The number of ether oxygens (including phenoxy) is 2. The number of carbonyl (C=O) groups excluding carboxylic acids is 2. The van der Waals surface area contributed by atoms with Crippen molar-refractivity contribution in [2.75, 3.05) is 13.2 Å². The van der Waals surface area contributed by atoms with Gasteiger partial charge in [-0.25, -0.2) is 13.9 Å². The highest BCUT2D eigenvalue weighted by Gasteiger charge is 2.34. The van der Waals surface area contributed by atoms with E-state index in [1.54, 1.807) is 6.92 Å². The Hall–Kier alpha value is -2.91. The Bertz CT molecular complexity index is 878. The van der Waals surface area contributed by atoms with E-state index >= 15 is 0 Å². The molecule has 0 bridgehead atoms. The van der Waals surface area contributed by atoms with Crippen molar-refractivity contribution >= 4 is 11.8 Å². The molecule has 0 aliphatic carbocycles. The van der Waals surface area contributed by atoms with Crippen LogP contribution in [0.4, 0.5) is 17.6 Å². The Balaban J connectivity index is 2.29. The lowest BCUT2D eigenvalue weighted by molar-refractivity contribution is -0.140. The number of alkyl halides is 3. The number of esters is 1. The number of unbranched alkanes of at least 4 members (excludes halogenated alkanes) is 1. The molecule has 0 fully saturated rings. The van der Waals surface area contributed by atoms with E-state index < -0.39 is 35.9 Å². The summed E-state index contributed by atoms with van der Waals surface area (Å²) < 4.78 is 63.4. The molecular formula is C19H20F4N2O4. The topological polar surface area (TPSA) is 70.4 Å². The molecular weight excluding hydrogens is 396 g/mol. The number of halogens is 4. The second-order valence-electron chi connectivity index (χ2n) is 6.06. The van der Waals surface area contributed by atoms with E-state index in [1.165, 1.54) is 6.07 Å². The molecule has 29 heavy (non-hydrogen) atoms. The molecule has 0 aliphatic rings. The lowest BCUT2D eigenvalue weighted by atomic mass is 10.1. The van der Waals surface area contributed by atoms with Crippen molar-refractivity contribution in [1.29, 1.82) is 0 Å². The summed E-state index contributed by atoms with van der Waals surface area (Å²) >= 11 is 0. The van der Waals surface area contributed by atoms with Gasteiger partial charge in [-0.3, -0.25) is 4.79 Å². The molecule has 1 heterocycles. The summed E-state index contributed by atoms with van der Waals surface area (Å²) in [5.74, 6) is -2.94. The predicted molar refractivity (Wildman–Crippen MR) is 94.3 cm³/mol. The number of ketones is 1. The van der Waals surface area contributed by atoms with Crippen LogP contribution in [-0.2, 0) is 17.5 Å². The van der Waals surface area contributed by atoms with Crippen LogP contribution in [0.15, 0.2) is 24.3 Å². The van der Waals surface area contributed by atoms with E-state index in [1.807, 2.05) is 6.92 Å². The normalized spacial score (nSPS) is 11.4. The second-order valence-corrected chi connectivity index (χ2v) is 6.06. The maximum absolute atomic E-state index is 13.4. The van der Waals surface area contributed by atoms with E-state index in [0.29, 0.717) is 18.7 Å². The Morgan fingerprint density at radius 2 is 1.90 bits per heavy atom. The van der Waals surface area contributed by atoms with Crippen molar-refractivity contribution in [1.82, 2.24) is 9.78 Å². The fourth-order valence-electron chi connectivity index (χ4n) is 2.42. The minimum atomic E-state index is -4.94. The molecule has 0 radical (unpaired) electrons. The highest BCUT2D eigenvalue weighted by Crippen LogP contribution is 2.32. The molecule has 2 rings (SSSR count). The van der Waals surface area contributed by atoms with Gasteiger partial charge in [-0.2, -0.15) is 13.2 Å². The zero-order valence-corrected chi connectivity index (χ0v) is 15.9. The number of benzene rings is 1. The summed E-state index contributed by atoms with van der Waals surface area (Å²) in [6.45, 7) is 3.43. The standard InChI is InChI=1S/C19H20F4N2O4/c1-3-5-8-29-17-10-15(18(27)28-4-2)25(24-17)11-16(26)12-6-7-14(20)13(9-12)19(21,22)23/h6-7,9-10H,3-5,8,11H2,1-2H3. The predicted octanol–water partition coefficient (Wildman–Crippen LogP) is 4.28. The summed E-state index contributed by atoms with van der Waals surface area (Å²) in [5.41, 5.74) is -1.99. The molecule has 6 nitrogen and oxygen atoms in total. The van der Waals surface area contributed by atoms with Gasteiger partial charge >= 0.3 is 12.1 Å². The number of carbonyl (C=O) groups is 2. The van der Waals surface area contributed by atoms with Crippen LogP contribution in [0, 0.1) is 5.82 Å². The summed E-state index contributed by atoms with van der Waals surface area (Å²) in [6, 6.07) is 3.25. The zero-order valence-electron chi connectivity index (χ0n) is 15.9. The summed E-state index contributed by atoms with van der Waals surface area (Å²) in [4.78, 5) is 24.6. The maximum atomic E-state index is 13.4. The summed E-state index contributed by atoms with van der Waals surface area (Å²) in [7, 11) is 0. The molecule has 0 atom stereocenters. The average molecular weight is 416 g/mol. The minimum absolute atomic E-state index is 0.0788. The second kappa shape index (κ2) is 9.53. The van der Waals surface area contributed by atoms with Gasteiger partial charge in [-0.1, -0.05) is 13.3 Å². The van der Waals surface area contributed by atoms with Crippen molar-refractivity contribution < 1.29 is 36.6 Å². The number of hydrogen-bond acceptors (Lipinski definition) is 5. The van der Waals surface area contributed by atoms with Gasteiger partial charge in [-0.05, 0) is 31.5 Å². The van der Waals surface area contributed by atoms with Gasteiger partial charge < -0.3 is 9.47 Å². The quantitative estimate of drug-likeness (QED) is 0.264. The molecule has 1 aromatic carbocycles. The van der Waals surface area contributed by atoms with Gasteiger partial charge in [0.15, 0.2) is 11.5 Å². The highest BCUT2D eigenvalue weighted by atomic mass is 19.4. The fourth-order valence-corrected chi connectivity index (χ4v) is 2.42. The van der Waals surface area contributed by atoms with Gasteiger partial charge in [0.2, 0.25) is 5.88 Å². The van der Waals surface area contributed by atoms with Crippen LogP contribution >= 0.6 is 0 Å². The third-order valence-corrected chi connectivity index (χ3v) is 3.88. The smallest absolute Gasteiger partial charge is 0.419 e. The van der Waals surface area contributed by atoms with E-state index in [-0.39, 0.29) is 23.7 Å². The molecule has 158 valence electrons. The van der Waals surface area contributed by atoms with Crippen LogP contribution in [0.1, 0.15) is 53.1 Å². The van der Waals surface area contributed by atoms with E-state index in [2.05, 4.69) is 5.10 Å². The molecule has 10 heteroatoms. The first kappa shape index (κ1) is 22.4. The third-order valence-electron chi connectivity index (χ3n) is 3.88. The van der Waals surface area contributed by atoms with Crippen LogP contribution in [0.5, 0.6) is 5.88 Å². The largest absolute Gasteiger partial charge is 0.477 e. The van der Waals surface area contributed by atoms with Crippen LogP contribution in [-0.4, -0.2) is 34.7 Å². The van der Waals surface area contributed by atoms with E-state index in [9.17, 15) is 27.2 Å². The highest BCUT2D eigenvalue weighted by molar-refractivity contribution is 5.97. The van der Waals surface area contributed by atoms with Crippen LogP contribution in [0.2, 0.25) is 0 Å². The van der Waals surface area contributed by atoms with Crippen molar-refractivity contribution in [3.8, 4) is 5.88 Å². The first-order valence-electron chi connectivity index (χ1n) is 8.95. The van der Waals surface area contributed by atoms with Crippen LogP contribution in [0.25, 0.3) is 0 Å². The van der Waals surface area contributed by atoms with Crippen LogP contribution < -0.4 is 4.74 Å². The summed E-state index contributed by atoms with van der Waals surface area (Å²) in [6.07, 6.45) is -3.32. The molecule has 0 N–H and O–H groups in total. The molecule has 0 amide bonds. The number of nitrogens with zero attached hydrogens (tertiary/aromatic N) is 2. The van der Waals surface area contributed by atoms with Crippen molar-refractivity contribution in [3.63, 3.8) is 0 Å². The van der Waals surface area contributed by atoms with Gasteiger partial charge in [0.05, 0.1) is 18.8 Å². The summed E-state index contributed by atoms with van der Waals surface area (Å²) in [5, 5.41) is 4.02. The first-order chi connectivity index (χ1) is 13.7. The Kier molecular flexibility index (Phi) is 7.35. The maximum Gasteiger partial charge on any atom is 0.419 e. The van der Waals surface area contributed by atoms with Gasteiger partial charge in [-0.15, -0.1) is 5.10 Å². The minimum Gasteiger partial charge on any atom is -0.477 e. The number of rotatable bonds is 9. The molecule has 1 aromatic heterocycles. The molecule has 0 unspecified atom stereocenters. The molecule has 0 saturated heterocycles. The van der Waals surface area contributed by atoms with Crippen molar-refractivity contribution in [3.05, 3.63) is 46.9 Å². The van der Waals surface area contributed by atoms with Gasteiger partial charge in [0, 0.05) is 11.6 Å². The number of hydrogen-bond donors (Lipinski definition) is 0. The van der Waals surface area contributed by atoms with Gasteiger partial charge in [0.1, 0.15) is 12.4 Å². The van der Waals surface area contributed by atoms with E-state index in [4.69, 9.17) is 9.47 Å². The average Bonchev–Trinajstić information content (AvgIpc) is 3.04. The number of aromatic nitrogens is 2. The monoisotopic (exact) mass is 416 g/mol. The van der Waals surface area contributed by atoms with Gasteiger partial charge in [0.25, 0.3) is 0 Å². The molecule has 2 aromatic rings. The Morgan fingerprint density at radius 3 is 2.52 bits per heavy atom. The van der Waals surface area contributed by atoms with Crippen molar-refractivity contribution in [2.45, 2.75) is 39.4 Å². The first-order valence-corrected chi connectivity index (χ1v) is 8.95. The Labute approximate surface area is 164 Å². The fraction of sp³-hybridized carbons (Fsp3) is 0.421. The zero-order chi connectivity index (χ0) is 21.6. The van der Waals surface area contributed by atoms with Crippen LogP contribution in [0.3, 0.4) is 0 Å². The molecule has 0 aliphatic heterocycles. The van der Waals surface area contributed by atoms with Crippen molar-refractivity contribution in [2.24, 2.45) is 0 Å². The lowest BCUT2D eigenvalue weighted by Crippen LogP contribution is -2.19. The number of Topliss-reactive ketones (excluding diaryl/α,β-unsaturated/α-hetero) is 1. The lowest BCUT2D eigenvalue weighted by Gasteiger charge is -2.10. The SMILES string of the molecule is CCCCOc1cc(C(=O)OCC)n(CC(=O)c2ccc(F)c(C(F)(F)F)c2)n1.